The first-order chi connectivity index (χ1) is 8.60. The average molecular weight is 249 g/mol. The lowest BCUT2D eigenvalue weighted by molar-refractivity contribution is 0.0556. The number of piperazine rings is 1. The van der Waals surface area contributed by atoms with Gasteiger partial charge in [-0.2, -0.15) is 0 Å². The van der Waals surface area contributed by atoms with Gasteiger partial charge in [-0.1, -0.05) is 6.07 Å². The molecule has 3 N–H and O–H groups in total. The summed E-state index contributed by atoms with van der Waals surface area (Å²) in [5.74, 6) is 6.01. The van der Waals surface area contributed by atoms with E-state index in [1.807, 2.05) is 12.3 Å². The predicted octanol–water partition coefficient (Wildman–Crippen LogP) is 0.892. The van der Waals surface area contributed by atoms with Crippen molar-refractivity contribution in [1.82, 2.24) is 14.8 Å². The van der Waals surface area contributed by atoms with E-state index < -0.39 is 0 Å². The van der Waals surface area contributed by atoms with Crippen LogP contribution in [0.2, 0.25) is 0 Å². The summed E-state index contributed by atoms with van der Waals surface area (Å²) < 4.78 is 0. The first-order valence-electron chi connectivity index (χ1n) is 6.46. The number of hydrogen-bond acceptors (Lipinski definition) is 5. The van der Waals surface area contributed by atoms with Gasteiger partial charge in [0.05, 0.1) is 0 Å². The SMILES string of the molecule is CC1CN(Cc2ccc(NN)nc2)CC(C)N1C. The van der Waals surface area contributed by atoms with Gasteiger partial charge < -0.3 is 5.43 Å². The topological polar surface area (TPSA) is 57.4 Å². The first kappa shape index (κ1) is 13.3. The molecule has 0 saturated carbocycles. The summed E-state index contributed by atoms with van der Waals surface area (Å²) >= 11 is 0. The second-order valence-electron chi connectivity index (χ2n) is 5.25. The highest BCUT2D eigenvalue weighted by Crippen LogP contribution is 2.16. The van der Waals surface area contributed by atoms with Crippen molar-refractivity contribution in [3.8, 4) is 0 Å². The van der Waals surface area contributed by atoms with E-state index in [4.69, 9.17) is 5.84 Å². The Labute approximate surface area is 109 Å². The lowest BCUT2D eigenvalue weighted by Gasteiger charge is -2.42. The summed E-state index contributed by atoms with van der Waals surface area (Å²) in [5, 5.41) is 0. The number of nitrogens with two attached hydrogens (primary N) is 1. The van der Waals surface area contributed by atoms with E-state index >= 15 is 0 Å². The molecule has 0 radical (unpaired) electrons. The minimum absolute atomic E-state index is 0.603. The molecule has 100 valence electrons. The zero-order valence-electron chi connectivity index (χ0n) is 11.4. The molecule has 0 aromatic carbocycles. The Kier molecular flexibility index (Phi) is 4.16. The third kappa shape index (κ3) is 2.98. The number of rotatable bonds is 3. The molecule has 0 spiro atoms. The molecule has 18 heavy (non-hydrogen) atoms. The maximum atomic E-state index is 5.31. The monoisotopic (exact) mass is 249 g/mol. The van der Waals surface area contributed by atoms with E-state index in [1.165, 1.54) is 5.56 Å². The van der Waals surface area contributed by atoms with E-state index in [2.05, 4.69) is 47.2 Å². The third-order valence-electron chi connectivity index (χ3n) is 3.81. The fourth-order valence-corrected chi connectivity index (χ4v) is 2.50. The van der Waals surface area contributed by atoms with Gasteiger partial charge in [0.2, 0.25) is 0 Å². The molecule has 5 nitrogen and oxygen atoms in total. The molecule has 1 aromatic heterocycles. The van der Waals surface area contributed by atoms with E-state index in [1.54, 1.807) is 0 Å². The highest BCUT2D eigenvalue weighted by Gasteiger charge is 2.26. The number of anilines is 1. The van der Waals surface area contributed by atoms with Crippen LogP contribution in [-0.2, 0) is 6.54 Å². The van der Waals surface area contributed by atoms with Gasteiger partial charge in [0.15, 0.2) is 0 Å². The fourth-order valence-electron chi connectivity index (χ4n) is 2.50. The summed E-state index contributed by atoms with van der Waals surface area (Å²) in [4.78, 5) is 9.17. The Balaban J connectivity index is 1.96. The molecular formula is C13H23N5. The third-order valence-corrected chi connectivity index (χ3v) is 3.81. The molecule has 0 bridgehead atoms. The highest BCUT2D eigenvalue weighted by molar-refractivity contribution is 5.33. The Morgan fingerprint density at radius 2 is 2.00 bits per heavy atom. The molecule has 2 heterocycles. The summed E-state index contributed by atoms with van der Waals surface area (Å²) in [5.41, 5.74) is 3.78. The van der Waals surface area contributed by atoms with Crippen LogP contribution in [0.15, 0.2) is 18.3 Å². The van der Waals surface area contributed by atoms with Crippen molar-refractivity contribution in [1.29, 1.82) is 0 Å². The summed E-state index contributed by atoms with van der Waals surface area (Å²) in [7, 11) is 2.20. The molecule has 1 aliphatic heterocycles. The van der Waals surface area contributed by atoms with Gasteiger partial charge >= 0.3 is 0 Å². The van der Waals surface area contributed by atoms with Gasteiger partial charge in [-0.15, -0.1) is 0 Å². The molecule has 2 atom stereocenters. The number of hydrazine groups is 1. The minimum atomic E-state index is 0.603. The molecule has 1 aliphatic rings. The number of nitrogen functional groups attached to an aromatic ring is 1. The van der Waals surface area contributed by atoms with E-state index in [-0.39, 0.29) is 0 Å². The summed E-state index contributed by atoms with van der Waals surface area (Å²) in [6.07, 6.45) is 1.89. The van der Waals surface area contributed by atoms with Crippen LogP contribution in [0.4, 0.5) is 5.82 Å². The number of likely N-dealkylation sites (N-methyl/N-ethyl adjacent to an activating group) is 1. The van der Waals surface area contributed by atoms with E-state index in [9.17, 15) is 0 Å². The standard InChI is InChI=1S/C13H23N5/c1-10-7-18(8-11(2)17(10)3)9-12-4-5-13(16-14)15-6-12/h4-6,10-11H,7-9,14H2,1-3H3,(H,15,16). The van der Waals surface area contributed by atoms with Crippen LogP contribution >= 0.6 is 0 Å². The number of aromatic nitrogens is 1. The van der Waals surface area contributed by atoms with Crippen molar-refractivity contribution < 1.29 is 0 Å². The van der Waals surface area contributed by atoms with Crippen LogP contribution in [-0.4, -0.2) is 47.0 Å². The lowest BCUT2D eigenvalue weighted by atomic mass is 10.1. The van der Waals surface area contributed by atoms with Gasteiger partial charge in [0.25, 0.3) is 0 Å². The van der Waals surface area contributed by atoms with Gasteiger partial charge in [-0.25, -0.2) is 10.8 Å². The Morgan fingerprint density at radius 1 is 1.33 bits per heavy atom. The molecule has 2 rings (SSSR count). The van der Waals surface area contributed by atoms with E-state index in [0.717, 1.165) is 19.6 Å². The molecule has 1 aromatic rings. The van der Waals surface area contributed by atoms with Crippen LogP contribution < -0.4 is 11.3 Å². The second kappa shape index (κ2) is 5.65. The molecule has 0 amide bonds. The van der Waals surface area contributed by atoms with Crippen LogP contribution in [0.1, 0.15) is 19.4 Å². The van der Waals surface area contributed by atoms with Gasteiger partial charge in [-0.3, -0.25) is 9.80 Å². The largest absolute Gasteiger partial charge is 0.308 e. The predicted molar refractivity (Wildman–Crippen MR) is 74.0 cm³/mol. The van der Waals surface area contributed by atoms with Crippen molar-refractivity contribution >= 4 is 5.82 Å². The minimum Gasteiger partial charge on any atom is -0.308 e. The molecule has 0 aliphatic carbocycles. The van der Waals surface area contributed by atoms with Crippen LogP contribution in [0.3, 0.4) is 0 Å². The molecule has 2 unspecified atom stereocenters. The number of nitrogens with zero attached hydrogens (tertiary/aromatic N) is 3. The van der Waals surface area contributed by atoms with Crippen LogP contribution in [0.5, 0.6) is 0 Å². The molecule has 1 fully saturated rings. The van der Waals surface area contributed by atoms with Crippen molar-refractivity contribution in [3.63, 3.8) is 0 Å². The fraction of sp³-hybridized carbons (Fsp3) is 0.615. The Bertz CT molecular complexity index is 365. The maximum absolute atomic E-state index is 5.31. The lowest BCUT2D eigenvalue weighted by Crippen LogP contribution is -2.54. The Morgan fingerprint density at radius 3 is 2.50 bits per heavy atom. The molecular weight excluding hydrogens is 226 g/mol. The smallest absolute Gasteiger partial charge is 0.139 e. The van der Waals surface area contributed by atoms with Gasteiger partial charge in [0, 0.05) is 37.9 Å². The zero-order valence-corrected chi connectivity index (χ0v) is 11.4. The number of hydrogen-bond donors (Lipinski definition) is 2. The molecule has 5 heteroatoms. The summed E-state index contributed by atoms with van der Waals surface area (Å²) in [6, 6.07) is 5.20. The van der Waals surface area contributed by atoms with Gasteiger partial charge in [0.1, 0.15) is 5.82 Å². The zero-order chi connectivity index (χ0) is 13.1. The quantitative estimate of drug-likeness (QED) is 0.615. The van der Waals surface area contributed by atoms with Gasteiger partial charge in [-0.05, 0) is 32.5 Å². The maximum Gasteiger partial charge on any atom is 0.139 e. The van der Waals surface area contributed by atoms with Crippen molar-refractivity contribution in [2.24, 2.45) is 5.84 Å². The van der Waals surface area contributed by atoms with Crippen LogP contribution in [0.25, 0.3) is 0 Å². The highest BCUT2D eigenvalue weighted by atomic mass is 15.3. The first-order valence-corrected chi connectivity index (χ1v) is 6.46. The second-order valence-corrected chi connectivity index (χ2v) is 5.25. The van der Waals surface area contributed by atoms with Crippen LogP contribution in [0, 0.1) is 0 Å². The number of nitrogens with one attached hydrogen (secondary N) is 1. The normalized spacial score (nSPS) is 26.2. The van der Waals surface area contributed by atoms with Crippen molar-refractivity contribution in [2.45, 2.75) is 32.5 Å². The average Bonchev–Trinajstić information content (AvgIpc) is 2.37. The van der Waals surface area contributed by atoms with Crippen molar-refractivity contribution in [3.05, 3.63) is 23.9 Å². The van der Waals surface area contributed by atoms with Crippen molar-refractivity contribution in [2.75, 3.05) is 25.6 Å². The molecule has 1 saturated heterocycles. The van der Waals surface area contributed by atoms with E-state index in [0.29, 0.717) is 17.9 Å². The number of pyridine rings is 1. The summed E-state index contributed by atoms with van der Waals surface area (Å²) in [6.45, 7) is 7.74. The Hall–Kier alpha value is -1.17.